The molecule has 0 heterocycles. The van der Waals surface area contributed by atoms with Gasteiger partial charge in [-0.2, -0.15) is 0 Å². The van der Waals surface area contributed by atoms with Gasteiger partial charge in [-0.1, -0.05) is 25.4 Å². The summed E-state index contributed by atoms with van der Waals surface area (Å²) in [6.45, 7) is 8.40. The molecule has 0 saturated heterocycles. The standard InChI is InChI=1S/C15H22ClNO/c1-5-15(4)12(17)8-13(15)18-11-6-9(2)14(16)10(3)7-11/h6-7,12-13H,5,8,17H2,1-4H3. The second-order valence-electron chi connectivity index (χ2n) is 5.68. The van der Waals surface area contributed by atoms with E-state index >= 15 is 0 Å². The first-order chi connectivity index (χ1) is 8.38. The van der Waals surface area contributed by atoms with Crippen molar-refractivity contribution in [2.24, 2.45) is 11.1 Å². The van der Waals surface area contributed by atoms with E-state index in [4.69, 9.17) is 22.1 Å². The predicted octanol–water partition coefficient (Wildman–Crippen LogP) is 3.85. The second kappa shape index (κ2) is 4.75. The van der Waals surface area contributed by atoms with Crippen LogP contribution in [0.4, 0.5) is 0 Å². The van der Waals surface area contributed by atoms with Crippen molar-refractivity contribution in [1.82, 2.24) is 0 Å². The van der Waals surface area contributed by atoms with Gasteiger partial charge < -0.3 is 10.5 Å². The molecule has 1 aromatic carbocycles. The van der Waals surface area contributed by atoms with E-state index in [1.807, 2.05) is 26.0 Å². The number of hydrogen-bond donors (Lipinski definition) is 1. The fourth-order valence-corrected chi connectivity index (χ4v) is 2.77. The number of nitrogens with two attached hydrogens (primary N) is 1. The number of halogens is 1. The molecule has 1 saturated carbocycles. The number of benzene rings is 1. The molecule has 2 nitrogen and oxygen atoms in total. The van der Waals surface area contributed by atoms with E-state index in [-0.39, 0.29) is 17.6 Å². The van der Waals surface area contributed by atoms with Gasteiger partial charge in [0.1, 0.15) is 11.9 Å². The van der Waals surface area contributed by atoms with Gasteiger partial charge >= 0.3 is 0 Å². The summed E-state index contributed by atoms with van der Waals surface area (Å²) >= 11 is 6.16. The lowest BCUT2D eigenvalue weighted by Crippen LogP contribution is -2.61. The van der Waals surface area contributed by atoms with Gasteiger partial charge in [-0.15, -0.1) is 0 Å². The van der Waals surface area contributed by atoms with Crippen LogP contribution in [0.5, 0.6) is 5.75 Å². The first-order valence-corrected chi connectivity index (χ1v) is 6.95. The van der Waals surface area contributed by atoms with E-state index in [9.17, 15) is 0 Å². The first-order valence-electron chi connectivity index (χ1n) is 6.57. The smallest absolute Gasteiger partial charge is 0.120 e. The van der Waals surface area contributed by atoms with Crippen LogP contribution in [0, 0.1) is 19.3 Å². The van der Waals surface area contributed by atoms with Crippen molar-refractivity contribution < 1.29 is 4.74 Å². The molecule has 2 rings (SSSR count). The Hall–Kier alpha value is -0.730. The maximum Gasteiger partial charge on any atom is 0.120 e. The van der Waals surface area contributed by atoms with Gasteiger partial charge in [0.25, 0.3) is 0 Å². The summed E-state index contributed by atoms with van der Waals surface area (Å²) in [6, 6.07) is 4.27. The minimum Gasteiger partial charge on any atom is -0.490 e. The second-order valence-corrected chi connectivity index (χ2v) is 6.06. The number of rotatable bonds is 3. The molecule has 0 bridgehead atoms. The van der Waals surface area contributed by atoms with Crippen molar-refractivity contribution >= 4 is 11.6 Å². The monoisotopic (exact) mass is 267 g/mol. The van der Waals surface area contributed by atoms with Crippen molar-refractivity contribution in [3.8, 4) is 5.75 Å². The summed E-state index contributed by atoms with van der Waals surface area (Å²) in [5.74, 6) is 0.908. The first kappa shape index (κ1) is 13.7. The van der Waals surface area contributed by atoms with E-state index in [1.54, 1.807) is 0 Å². The summed E-state index contributed by atoms with van der Waals surface area (Å²) in [5, 5.41) is 0.825. The quantitative estimate of drug-likeness (QED) is 0.903. The Morgan fingerprint density at radius 1 is 1.39 bits per heavy atom. The summed E-state index contributed by atoms with van der Waals surface area (Å²) in [7, 11) is 0. The van der Waals surface area contributed by atoms with Gasteiger partial charge in [0, 0.05) is 22.9 Å². The predicted molar refractivity (Wildman–Crippen MR) is 76.3 cm³/mol. The Morgan fingerprint density at radius 3 is 2.39 bits per heavy atom. The molecule has 1 aromatic rings. The van der Waals surface area contributed by atoms with Crippen molar-refractivity contribution in [3.63, 3.8) is 0 Å². The van der Waals surface area contributed by atoms with Gasteiger partial charge in [-0.05, 0) is 43.5 Å². The summed E-state index contributed by atoms with van der Waals surface area (Å²) in [5.41, 5.74) is 8.32. The van der Waals surface area contributed by atoms with E-state index in [2.05, 4.69) is 13.8 Å². The number of ether oxygens (including phenoxy) is 1. The highest BCUT2D eigenvalue weighted by molar-refractivity contribution is 6.32. The Morgan fingerprint density at radius 2 is 1.94 bits per heavy atom. The highest BCUT2D eigenvalue weighted by Crippen LogP contribution is 2.45. The maximum atomic E-state index is 6.16. The van der Waals surface area contributed by atoms with Crippen molar-refractivity contribution in [1.29, 1.82) is 0 Å². The fourth-order valence-electron chi connectivity index (χ4n) is 2.66. The van der Waals surface area contributed by atoms with Crippen LogP contribution in [-0.4, -0.2) is 12.1 Å². The van der Waals surface area contributed by atoms with E-state index in [0.29, 0.717) is 0 Å². The van der Waals surface area contributed by atoms with Gasteiger partial charge in [0.2, 0.25) is 0 Å². The molecule has 1 fully saturated rings. The van der Waals surface area contributed by atoms with E-state index in [1.165, 1.54) is 0 Å². The van der Waals surface area contributed by atoms with E-state index < -0.39 is 0 Å². The minimum atomic E-state index is 0.0987. The zero-order chi connectivity index (χ0) is 13.5. The van der Waals surface area contributed by atoms with Crippen molar-refractivity contribution in [2.45, 2.75) is 52.7 Å². The van der Waals surface area contributed by atoms with Crippen LogP contribution < -0.4 is 10.5 Å². The Labute approximate surface area is 114 Å². The SMILES string of the molecule is CCC1(C)C(N)CC1Oc1cc(C)c(Cl)c(C)c1. The lowest BCUT2D eigenvalue weighted by Gasteiger charge is -2.51. The summed E-state index contributed by atoms with van der Waals surface area (Å²) < 4.78 is 6.11. The molecule has 2 N–H and O–H groups in total. The molecule has 0 amide bonds. The van der Waals surface area contributed by atoms with E-state index in [0.717, 1.165) is 34.7 Å². The molecule has 3 heteroatoms. The normalized spacial score (nSPS) is 31.0. The van der Waals surface area contributed by atoms with Gasteiger partial charge in [0.15, 0.2) is 0 Å². The zero-order valence-corrected chi connectivity index (χ0v) is 12.3. The molecule has 0 spiro atoms. The molecule has 100 valence electrons. The molecular formula is C15H22ClNO. The molecule has 1 aliphatic carbocycles. The summed E-state index contributed by atoms with van der Waals surface area (Å²) in [4.78, 5) is 0. The van der Waals surface area contributed by atoms with Crippen molar-refractivity contribution in [2.75, 3.05) is 0 Å². The lowest BCUT2D eigenvalue weighted by atomic mass is 9.62. The Bertz CT molecular complexity index is 437. The highest BCUT2D eigenvalue weighted by atomic mass is 35.5. The van der Waals surface area contributed by atoms with Crippen LogP contribution in [0.2, 0.25) is 5.02 Å². The Balaban J connectivity index is 2.16. The molecule has 0 aromatic heterocycles. The van der Waals surface area contributed by atoms with Crippen LogP contribution >= 0.6 is 11.6 Å². The average molecular weight is 268 g/mol. The van der Waals surface area contributed by atoms with Crippen molar-refractivity contribution in [3.05, 3.63) is 28.3 Å². The van der Waals surface area contributed by atoms with Crippen LogP contribution in [0.1, 0.15) is 37.8 Å². The van der Waals surface area contributed by atoms with Crippen LogP contribution in [0.15, 0.2) is 12.1 Å². The highest BCUT2D eigenvalue weighted by Gasteiger charge is 2.50. The third-order valence-electron chi connectivity index (χ3n) is 4.50. The minimum absolute atomic E-state index is 0.0987. The van der Waals surface area contributed by atoms with Crippen LogP contribution in [0.25, 0.3) is 0 Å². The molecule has 1 aliphatic rings. The summed E-state index contributed by atoms with van der Waals surface area (Å²) in [6.07, 6.45) is 2.20. The molecule has 0 radical (unpaired) electrons. The maximum absolute atomic E-state index is 6.16. The zero-order valence-electron chi connectivity index (χ0n) is 11.6. The Kier molecular flexibility index (Phi) is 3.61. The topological polar surface area (TPSA) is 35.2 Å². The average Bonchev–Trinajstić information content (AvgIpc) is 2.34. The fraction of sp³-hybridized carbons (Fsp3) is 0.600. The molecule has 0 aliphatic heterocycles. The third kappa shape index (κ3) is 2.12. The van der Waals surface area contributed by atoms with Crippen LogP contribution in [-0.2, 0) is 0 Å². The van der Waals surface area contributed by atoms with Crippen LogP contribution in [0.3, 0.4) is 0 Å². The number of aryl methyl sites for hydroxylation is 2. The largest absolute Gasteiger partial charge is 0.490 e. The number of hydrogen-bond acceptors (Lipinski definition) is 2. The lowest BCUT2D eigenvalue weighted by molar-refractivity contribution is -0.0560. The molecule has 18 heavy (non-hydrogen) atoms. The molecule has 3 atom stereocenters. The third-order valence-corrected chi connectivity index (χ3v) is 5.10. The van der Waals surface area contributed by atoms with Gasteiger partial charge in [0.05, 0.1) is 0 Å². The molecule has 3 unspecified atom stereocenters. The molecular weight excluding hydrogens is 246 g/mol. The van der Waals surface area contributed by atoms with Gasteiger partial charge in [-0.25, -0.2) is 0 Å². The van der Waals surface area contributed by atoms with Gasteiger partial charge in [-0.3, -0.25) is 0 Å².